The first-order valence-electron chi connectivity index (χ1n) is 11.1. The average molecular weight is 466 g/mol. The number of aromatic nitrogens is 2. The summed E-state index contributed by atoms with van der Waals surface area (Å²) in [4.78, 5) is 17.0. The maximum Gasteiger partial charge on any atom is 0.270 e. The number of imidazole rings is 1. The molecule has 4 aromatic carbocycles. The molecule has 0 saturated carbocycles. The van der Waals surface area contributed by atoms with E-state index in [4.69, 9.17) is 0 Å². The first kappa shape index (κ1) is 22.2. The molecule has 5 rings (SSSR count). The van der Waals surface area contributed by atoms with E-state index in [-0.39, 0.29) is 5.91 Å². The summed E-state index contributed by atoms with van der Waals surface area (Å²) in [7, 11) is 0. The SMILES string of the molecule is O=C(NCc1ccc(-c2ccccc2)cc1)c1cncn1-c1ccc(-c2ccc(F)c(F)c2)cc1. The highest BCUT2D eigenvalue weighted by molar-refractivity contribution is 5.93. The number of nitrogens with one attached hydrogen (secondary N) is 1. The molecule has 1 N–H and O–H groups in total. The van der Waals surface area contributed by atoms with E-state index in [1.807, 2.05) is 42.5 Å². The van der Waals surface area contributed by atoms with Crippen LogP contribution in [-0.4, -0.2) is 15.5 Å². The van der Waals surface area contributed by atoms with Gasteiger partial charge < -0.3 is 5.32 Å². The van der Waals surface area contributed by atoms with Crippen LogP contribution in [-0.2, 0) is 6.54 Å². The molecule has 0 atom stereocenters. The molecule has 5 aromatic rings. The van der Waals surface area contributed by atoms with Gasteiger partial charge in [-0.3, -0.25) is 9.36 Å². The molecule has 4 nitrogen and oxygen atoms in total. The van der Waals surface area contributed by atoms with Crippen LogP contribution in [0.2, 0.25) is 0 Å². The number of hydrogen-bond donors (Lipinski definition) is 1. The summed E-state index contributed by atoms with van der Waals surface area (Å²) < 4.78 is 28.5. The molecule has 0 aliphatic carbocycles. The molecule has 35 heavy (non-hydrogen) atoms. The molecule has 0 saturated heterocycles. The second-order valence-corrected chi connectivity index (χ2v) is 8.07. The summed E-state index contributed by atoms with van der Waals surface area (Å²) in [6, 6.07) is 29.1. The van der Waals surface area contributed by atoms with Crippen LogP contribution in [0.3, 0.4) is 0 Å². The molecule has 6 heteroatoms. The van der Waals surface area contributed by atoms with E-state index >= 15 is 0 Å². The van der Waals surface area contributed by atoms with E-state index in [2.05, 4.69) is 22.4 Å². The van der Waals surface area contributed by atoms with Crippen molar-refractivity contribution >= 4 is 5.91 Å². The molecule has 0 aliphatic heterocycles. The van der Waals surface area contributed by atoms with Crippen LogP contribution in [0, 0.1) is 11.6 Å². The Hall–Kier alpha value is -4.58. The van der Waals surface area contributed by atoms with Gasteiger partial charge in [-0.1, -0.05) is 72.8 Å². The number of halogens is 2. The van der Waals surface area contributed by atoms with Crippen LogP contribution < -0.4 is 5.32 Å². The zero-order valence-corrected chi connectivity index (χ0v) is 18.7. The van der Waals surface area contributed by atoms with Crippen molar-refractivity contribution in [3.05, 3.63) is 132 Å². The third kappa shape index (κ3) is 4.87. The number of nitrogens with zero attached hydrogens (tertiary/aromatic N) is 2. The predicted octanol–water partition coefficient (Wildman–Crippen LogP) is 6.41. The van der Waals surface area contributed by atoms with Crippen molar-refractivity contribution in [2.24, 2.45) is 0 Å². The lowest BCUT2D eigenvalue weighted by Gasteiger charge is -2.11. The monoisotopic (exact) mass is 465 g/mol. The molecule has 172 valence electrons. The Morgan fingerprint density at radius 1 is 0.743 bits per heavy atom. The van der Waals surface area contributed by atoms with Crippen LogP contribution in [0.1, 0.15) is 16.1 Å². The van der Waals surface area contributed by atoms with Crippen LogP contribution >= 0.6 is 0 Å². The zero-order chi connectivity index (χ0) is 24.2. The van der Waals surface area contributed by atoms with Crippen molar-refractivity contribution in [3.63, 3.8) is 0 Å². The van der Waals surface area contributed by atoms with Gasteiger partial charge in [0, 0.05) is 12.2 Å². The van der Waals surface area contributed by atoms with Crippen LogP contribution in [0.25, 0.3) is 27.9 Å². The highest BCUT2D eigenvalue weighted by atomic mass is 19.2. The summed E-state index contributed by atoms with van der Waals surface area (Å²) in [5, 5.41) is 2.94. The number of hydrogen-bond acceptors (Lipinski definition) is 2. The maximum absolute atomic E-state index is 13.6. The lowest BCUT2D eigenvalue weighted by Crippen LogP contribution is -2.25. The Labute approximate surface area is 201 Å². The molecule has 1 aromatic heterocycles. The number of rotatable bonds is 6. The van der Waals surface area contributed by atoms with Gasteiger partial charge in [-0.25, -0.2) is 13.8 Å². The number of amides is 1. The van der Waals surface area contributed by atoms with Gasteiger partial charge in [-0.05, 0) is 52.1 Å². The Morgan fingerprint density at radius 3 is 2.09 bits per heavy atom. The summed E-state index contributed by atoms with van der Waals surface area (Å²) in [6.07, 6.45) is 3.08. The summed E-state index contributed by atoms with van der Waals surface area (Å²) >= 11 is 0. The van der Waals surface area contributed by atoms with E-state index in [9.17, 15) is 13.6 Å². The van der Waals surface area contributed by atoms with Crippen molar-refractivity contribution < 1.29 is 13.6 Å². The quantitative estimate of drug-likeness (QED) is 0.315. The fourth-order valence-corrected chi connectivity index (χ4v) is 3.88. The smallest absolute Gasteiger partial charge is 0.270 e. The van der Waals surface area contributed by atoms with Gasteiger partial charge in [0.1, 0.15) is 5.69 Å². The average Bonchev–Trinajstić information content (AvgIpc) is 3.40. The minimum atomic E-state index is -0.894. The second kappa shape index (κ2) is 9.73. The van der Waals surface area contributed by atoms with Gasteiger partial charge in [-0.2, -0.15) is 0 Å². The molecule has 0 bridgehead atoms. The van der Waals surface area contributed by atoms with Crippen molar-refractivity contribution in [3.8, 4) is 27.9 Å². The lowest BCUT2D eigenvalue weighted by atomic mass is 10.0. The number of benzene rings is 4. The molecule has 0 aliphatic rings. The van der Waals surface area contributed by atoms with Gasteiger partial charge in [0.05, 0.1) is 12.5 Å². The summed E-state index contributed by atoms with van der Waals surface area (Å²) in [5.74, 6) is -2.03. The third-order valence-corrected chi connectivity index (χ3v) is 5.78. The minimum absolute atomic E-state index is 0.251. The largest absolute Gasteiger partial charge is 0.347 e. The zero-order valence-electron chi connectivity index (χ0n) is 18.7. The summed E-state index contributed by atoms with van der Waals surface area (Å²) in [5.41, 5.74) is 5.67. The highest BCUT2D eigenvalue weighted by Gasteiger charge is 2.13. The Morgan fingerprint density at radius 2 is 1.37 bits per heavy atom. The normalized spacial score (nSPS) is 10.8. The molecule has 0 unspecified atom stereocenters. The molecule has 1 heterocycles. The van der Waals surface area contributed by atoms with Crippen molar-refractivity contribution in [2.45, 2.75) is 6.54 Å². The number of carbonyl (C=O) groups is 1. The highest BCUT2D eigenvalue weighted by Crippen LogP contribution is 2.24. The van der Waals surface area contributed by atoms with Gasteiger partial charge in [0.25, 0.3) is 5.91 Å². The standard InChI is InChI=1S/C29H21F2N3O/c30-26-15-12-24(16-27(26)31)23-10-13-25(14-11-23)34-19-32-18-28(34)29(35)33-17-20-6-8-22(9-7-20)21-4-2-1-3-5-21/h1-16,18-19H,17H2,(H,33,35). The predicted molar refractivity (Wildman–Crippen MR) is 132 cm³/mol. The van der Waals surface area contributed by atoms with Crippen LogP contribution in [0.4, 0.5) is 8.78 Å². The Balaban J connectivity index is 1.27. The first-order valence-corrected chi connectivity index (χ1v) is 11.1. The van der Waals surface area contributed by atoms with E-state index in [0.717, 1.165) is 40.1 Å². The second-order valence-electron chi connectivity index (χ2n) is 8.07. The van der Waals surface area contributed by atoms with Crippen LogP contribution in [0.5, 0.6) is 0 Å². The fraction of sp³-hybridized carbons (Fsp3) is 0.0345. The molecule has 1 amide bonds. The third-order valence-electron chi connectivity index (χ3n) is 5.78. The molecule has 0 spiro atoms. The van der Waals surface area contributed by atoms with Gasteiger partial charge >= 0.3 is 0 Å². The lowest BCUT2D eigenvalue weighted by molar-refractivity contribution is 0.0944. The topological polar surface area (TPSA) is 46.9 Å². The molecule has 0 fully saturated rings. The molecule has 0 radical (unpaired) electrons. The van der Waals surface area contributed by atoms with Gasteiger partial charge in [-0.15, -0.1) is 0 Å². The maximum atomic E-state index is 13.6. The summed E-state index contributed by atoms with van der Waals surface area (Å²) in [6.45, 7) is 0.383. The molecular weight excluding hydrogens is 444 g/mol. The van der Waals surface area contributed by atoms with E-state index in [1.165, 1.54) is 12.3 Å². The first-order chi connectivity index (χ1) is 17.1. The Kier molecular flexibility index (Phi) is 6.18. The van der Waals surface area contributed by atoms with E-state index in [1.54, 1.807) is 35.2 Å². The van der Waals surface area contributed by atoms with Crippen molar-refractivity contribution in [1.82, 2.24) is 14.9 Å². The fourth-order valence-electron chi connectivity index (χ4n) is 3.88. The van der Waals surface area contributed by atoms with Gasteiger partial charge in [0.15, 0.2) is 11.6 Å². The van der Waals surface area contributed by atoms with E-state index in [0.29, 0.717) is 17.8 Å². The molecular formula is C29H21F2N3O. The van der Waals surface area contributed by atoms with Crippen molar-refractivity contribution in [1.29, 1.82) is 0 Å². The van der Waals surface area contributed by atoms with Crippen LogP contribution in [0.15, 0.2) is 110 Å². The Bertz CT molecular complexity index is 1460. The number of carbonyl (C=O) groups excluding carboxylic acids is 1. The minimum Gasteiger partial charge on any atom is -0.347 e. The van der Waals surface area contributed by atoms with E-state index < -0.39 is 11.6 Å². The van der Waals surface area contributed by atoms with Gasteiger partial charge in [0.2, 0.25) is 0 Å². The van der Waals surface area contributed by atoms with Crippen molar-refractivity contribution in [2.75, 3.05) is 0 Å².